The van der Waals surface area contributed by atoms with Gasteiger partial charge in [-0.05, 0) is 25.1 Å². The number of nitriles is 1. The molecule has 0 radical (unpaired) electrons. The first-order valence-electron chi connectivity index (χ1n) is 5.19. The molecule has 0 aliphatic carbocycles. The fourth-order valence-corrected chi connectivity index (χ4v) is 1.17. The summed E-state index contributed by atoms with van der Waals surface area (Å²) in [6.07, 6.45) is 1.53. The number of benzene rings is 1. The molecule has 0 bridgehead atoms. The van der Waals surface area contributed by atoms with E-state index in [4.69, 9.17) is 10.00 Å². The van der Waals surface area contributed by atoms with Gasteiger partial charge in [0.15, 0.2) is 0 Å². The largest absolute Gasteiger partial charge is 0.494 e. The molecule has 0 fully saturated rings. The van der Waals surface area contributed by atoms with Crippen molar-refractivity contribution < 1.29 is 4.74 Å². The number of ether oxygens (including phenoxy) is 1. The normalized spacial score (nSPS) is 9.53. The van der Waals surface area contributed by atoms with Crippen LogP contribution in [0.25, 0.3) is 0 Å². The van der Waals surface area contributed by atoms with E-state index in [-0.39, 0.29) is 0 Å². The Morgan fingerprint density at radius 3 is 2.73 bits per heavy atom. The minimum atomic E-state index is 0.569. The molecule has 1 N–H and O–H groups in total. The zero-order valence-corrected chi connectivity index (χ0v) is 8.78. The molecule has 0 unspecified atom stereocenters. The lowest BCUT2D eigenvalue weighted by atomic mass is 10.3. The third-order valence-electron chi connectivity index (χ3n) is 1.92. The number of hydrogen-bond acceptors (Lipinski definition) is 3. The Balaban J connectivity index is 1.96. The van der Waals surface area contributed by atoms with Crippen LogP contribution in [-0.4, -0.2) is 19.7 Å². The van der Waals surface area contributed by atoms with Crippen molar-refractivity contribution >= 4 is 0 Å². The van der Waals surface area contributed by atoms with Gasteiger partial charge in [-0.1, -0.05) is 18.2 Å². The molecule has 80 valence electrons. The SMILES string of the molecule is N#CCCNCCCOc1ccccc1. The fraction of sp³-hybridized carbons (Fsp3) is 0.417. The molecule has 0 spiro atoms. The van der Waals surface area contributed by atoms with Crippen molar-refractivity contribution in [3.8, 4) is 11.8 Å². The van der Waals surface area contributed by atoms with Gasteiger partial charge in [0, 0.05) is 13.0 Å². The van der Waals surface area contributed by atoms with E-state index in [1.807, 2.05) is 30.3 Å². The number of rotatable bonds is 7. The van der Waals surface area contributed by atoms with Crippen LogP contribution in [0.15, 0.2) is 30.3 Å². The van der Waals surface area contributed by atoms with E-state index in [1.165, 1.54) is 0 Å². The van der Waals surface area contributed by atoms with Gasteiger partial charge in [0.2, 0.25) is 0 Å². The third kappa shape index (κ3) is 5.71. The van der Waals surface area contributed by atoms with Gasteiger partial charge >= 0.3 is 0 Å². The van der Waals surface area contributed by atoms with Crippen LogP contribution in [0.3, 0.4) is 0 Å². The Morgan fingerprint density at radius 1 is 1.20 bits per heavy atom. The zero-order valence-electron chi connectivity index (χ0n) is 8.78. The minimum absolute atomic E-state index is 0.569. The maximum atomic E-state index is 8.30. The standard InChI is InChI=1S/C12H16N2O/c13-8-4-9-14-10-5-11-15-12-6-2-1-3-7-12/h1-3,6-7,14H,4-5,9-11H2. The summed E-state index contributed by atoms with van der Waals surface area (Å²) in [5, 5.41) is 11.5. The topological polar surface area (TPSA) is 45.0 Å². The lowest BCUT2D eigenvalue weighted by Crippen LogP contribution is -2.18. The van der Waals surface area contributed by atoms with E-state index in [9.17, 15) is 0 Å². The van der Waals surface area contributed by atoms with Gasteiger partial charge in [-0.2, -0.15) is 5.26 Å². The summed E-state index contributed by atoms with van der Waals surface area (Å²) in [7, 11) is 0. The molecule has 1 rings (SSSR count). The molecule has 0 amide bonds. The van der Waals surface area contributed by atoms with Crippen molar-refractivity contribution in [2.75, 3.05) is 19.7 Å². The second-order valence-electron chi connectivity index (χ2n) is 3.17. The summed E-state index contributed by atoms with van der Waals surface area (Å²) in [6.45, 7) is 2.37. The first kappa shape index (κ1) is 11.5. The van der Waals surface area contributed by atoms with Crippen molar-refractivity contribution in [3.63, 3.8) is 0 Å². The van der Waals surface area contributed by atoms with Crippen LogP contribution in [-0.2, 0) is 0 Å². The number of nitrogens with zero attached hydrogens (tertiary/aromatic N) is 1. The Hall–Kier alpha value is -1.53. The van der Waals surface area contributed by atoms with Crippen LogP contribution in [0.1, 0.15) is 12.8 Å². The first-order valence-corrected chi connectivity index (χ1v) is 5.19. The predicted molar refractivity (Wildman–Crippen MR) is 59.7 cm³/mol. The summed E-state index contributed by atoms with van der Waals surface area (Å²) in [5.74, 6) is 0.912. The van der Waals surface area contributed by atoms with Gasteiger partial charge in [-0.15, -0.1) is 0 Å². The maximum absolute atomic E-state index is 8.30. The van der Waals surface area contributed by atoms with Gasteiger partial charge in [-0.25, -0.2) is 0 Å². The molecule has 1 aromatic carbocycles. The maximum Gasteiger partial charge on any atom is 0.119 e. The molecular weight excluding hydrogens is 188 g/mol. The van der Waals surface area contributed by atoms with Gasteiger partial charge < -0.3 is 10.1 Å². The van der Waals surface area contributed by atoms with E-state index >= 15 is 0 Å². The molecule has 3 heteroatoms. The van der Waals surface area contributed by atoms with E-state index in [0.717, 1.165) is 25.3 Å². The zero-order chi connectivity index (χ0) is 10.8. The molecule has 0 aliphatic rings. The van der Waals surface area contributed by atoms with E-state index < -0.39 is 0 Å². The highest BCUT2D eigenvalue weighted by Gasteiger charge is 1.91. The second kappa shape index (κ2) is 7.84. The van der Waals surface area contributed by atoms with Crippen molar-refractivity contribution in [1.82, 2.24) is 5.32 Å². The summed E-state index contributed by atoms with van der Waals surface area (Å²) < 4.78 is 5.51. The highest BCUT2D eigenvalue weighted by Crippen LogP contribution is 2.07. The highest BCUT2D eigenvalue weighted by molar-refractivity contribution is 5.20. The smallest absolute Gasteiger partial charge is 0.119 e. The van der Waals surface area contributed by atoms with Crippen molar-refractivity contribution in [3.05, 3.63) is 30.3 Å². The molecule has 15 heavy (non-hydrogen) atoms. The lowest BCUT2D eigenvalue weighted by Gasteiger charge is -2.05. The van der Waals surface area contributed by atoms with E-state index in [0.29, 0.717) is 13.0 Å². The van der Waals surface area contributed by atoms with Crippen LogP contribution in [0, 0.1) is 11.3 Å². The molecule has 0 aromatic heterocycles. The molecule has 0 aliphatic heterocycles. The van der Waals surface area contributed by atoms with Crippen molar-refractivity contribution in [2.24, 2.45) is 0 Å². The lowest BCUT2D eigenvalue weighted by molar-refractivity contribution is 0.308. The van der Waals surface area contributed by atoms with Crippen LogP contribution >= 0.6 is 0 Å². The third-order valence-corrected chi connectivity index (χ3v) is 1.92. The molecular formula is C12H16N2O. The molecule has 0 saturated heterocycles. The molecule has 0 saturated carbocycles. The first-order chi connectivity index (χ1) is 7.43. The Labute approximate surface area is 90.7 Å². The molecule has 1 aromatic rings. The Bertz CT molecular complexity index is 292. The summed E-state index contributed by atoms with van der Waals surface area (Å²) in [5.41, 5.74) is 0. The Morgan fingerprint density at radius 2 is 2.00 bits per heavy atom. The fourth-order valence-electron chi connectivity index (χ4n) is 1.17. The molecule has 0 atom stereocenters. The molecule has 3 nitrogen and oxygen atoms in total. The summed E-state index contributed by atoms with van der Waals surface area (Å²) >= 11 is 0. The molecule has 0 heterocycles. The van der Waals surface area contributed by atoms with Crippen LogP contribution in [0.4, 0.5) is 0 Å². The summed E-state index contributed by atoms with van der Waals surface area (Å²) in [4.78, 5) is 0. The van der Waals surface area contributed by atoms with Crippen LogP contribution < -0.4 is 10.1 Å². The van der Waals surface area contributed by atoms with Gasteiger partial charge in [0.25, 0.3) is 0 Å². The second-order valence-corrected chi connectivity index (χ2v) is 3.17. The monoisotopic (exact) mass is 204 g/mol. The number of hydrogen-bond donors (Lipinski definition) is 1. The van der Waals surface area contributed by atoms with Crippen LogP contribution in [0.2, 0.25) is 0 Å². The van der Waals surface area contributed by atoms with Gasteiger partial charge in [0.05, 0.1) is 12.7 Å². The quantitative estimate of drug-likeness (QED) is 0.690. The minimum Gasteiger partial charge on any atom is -0.494 e. The summed E-state index contributed by atoms with van der Waals surface area (Å²) in [6, 6.07) is 11.9. The number of para-hydroxylation sites is 1. The average molecular weight is 204 g/mol. The number of nitrogens with one attached hydrogen (secondary N) is 1. The van der Waals surface area contributed by atoms with Gasteiger partial charge in [-0.3, -0.25) is 0 Å². The predicted octanol–water partition coefficient (Wildman–Crippen LogP) is 1.96. The van der Waals surface area contributed by atoms with Crippen molar-refractivity contribution in [1.29, 1.82) is 5.26 Å². The Kier molecular flexibility index (Phi) is 6.03. The highest BCUT2D eigenvalue weighted by atomic mass is 16.5. The van der Waals surface area contributed by atoms with Crippen molar-refractivity contribution in [2.45, 2.75) is 12.8 Å². The van der Waals surface area contributed by atoms with E-state index in [2.05, 4.69) is 11.4 Å². The van der Waals surface area contributed by atoms with Crippen LogP contribution in [0.5, 0.6) is 5.75 Å². The van der Waals surface area contributed by atoms with E-state index in [1.54, 1.807) is 0 Å². The average Bonchev–Trinajstić information content (AvgIpc) is 2.29. The van der Waals surface area contributed by atoms with Gasteiger partial charge in [0.1, 0.15) is 5.75 Å².